The molecule has 4 aromatic carbocycles. The third kappa shape index (κ3) is 5.69. The number of aromatic amines is 1. The second kappa shape index (κ2) is 12.7. The summed E-state index contributed by atoms with van der Waals surface area (Å²) in [4.78, 5) is 3.57. The molecule has 0 aliphatic rings. The number of nitrogens with one attached hydrogen (secondary N) is 2. The van der Waals surface area contributed by atoms with E-state index in [1.807, 2.05) is 42.5 Å². The van der Waals surface area contributed by atoms with Crippen molar-refractivity contribution < 1.29 is 0 Å². The Hall–Kier alpha value is -5.02. The molecule has 2 N–H and O–H groups in total. The summed E-state index contributed by atoms with van der Waals surface area (Å²) in [5, 5.41) is 8.41. The Kier molecular flexibility index (Phi) is 8.43. The molecule has 0 radical (unpaired) electrons. The molecule has 0 atom stereocenters. The lowest BCUT2D eigenvalue weighted by molar-refractivity contribution is 1.09. The summed E-state index contributed by atoms with van der Waals surface area (Å²) in [5.41, 5.74) is 7.04. The normalized spacial score (nSPS) is 12.2. The van der Waals surface area contributed by atoms with Gasteiger partial charge in [-0.05, 0) is 67.3 Å². The predicted molar refractivity (Wildman–Crippen MR) is 174 cm³/mol. The smallest absolute Gasteiger partial charge is 0.0535 e. The van der Waals surface area contributed by atoms with E-state index in [9.17, 15) is 0 Å². The third-order valence-corrected chi connectivity index (χ3v) is 6.83. The van der Waals surface area contributed by atoms with Gasteiger partial charge in [-0.25, -0.2) is 0 Å². The lowest BCUT2D eigenvalue weighted by atomic mass is 10.00. The van der Waals surface area contributed by atoms with E-state index in [1.165, 1.54) is 44.0 Å². The predicted octanol–water partition coefficient (Wildman–Crippen LogP) is 9.43. The maximum absolute atomic E-state index is 3.66. The van der Waals surface area contributed by atoms with Crippen molar-refractivity contribution in [3.8, 4) is 16.9 Å². The summed E-state index contributed by atoms with van der Waals surface area (Å²) < 4.78 is 2.26. The highest BCUT2D eigenvalue weighted by atomic mass is 15.0. The van der Waals surface area contributed by atoms with Crippen molar-refractivity contribution in [2.24, 2.45) is 0 Å². The van der Waals surface area contributed by atoms with Crippen LogP contribution in [0.25, 0.3) is 44.7 Å². The first-order chi connectivity index (χ1) is 19.7. The van der Waals surface area contributed by atoms with Crippen molar-refractivity contribution in [3.05, 3.63) is 151 Å². The molecular formula is C37H35N3. The van der Waals surface area contributed by atoms with Crippen LogP contribution in [0, 0.1) is 0 Å². The Morgan fingerprint density at radius 3 is 2.35 bits per heavy atom. The summed E-state index contributed by atoms with van der Waals surface area (Å²) in [7, 11) is 0. The van der Waals surface area contributed by atoms with Crippen LogP contribution in [0.15, 0.2) is 146 Å². The summed E-state index contributed by atoms with van der Waals surface area (Å²) in [6, 6.07) is 35.9. The second-order valence-electron chi connectivity index (χ2n) is 9.47. The fourth-order valence-electron chi connectivity index (χ4n) is 5.06. The molecule has 0 spiro atoms. The largest absolute Gasteiger partial charge is 0.356 e. The van der Waals surface area contributed by atoms with Gasteiger partial charge < -0.3 is 14.9 Å². The molecule has 0 aliphatic carbocycles. The molecule has 6 rings (SSSR count). The standard InChI is InChI=1S/C23H18N2.C14H17N/c1-2-19-23-18(14-13-16-8-6-11-20(24-19)22(16)23)21-12-7-15-25(21)17-9-4-3-5-10-17;1-3-5-10-13(9-4-2)15-14-11-7-6-8-12-14/h2-15,24H,1H3;3,5-12,15H,1,4H2,2H3/b19-2+;10-5-,13-9+. The van der Waals surface area contributed by atoms with Crippen molar-refractivity contribution in [2.75, 3.05) is 5.32 Å². The first-order valence-electron chi connectivity index (χ1n) is 13.8. The van der Waals surface area contributed by atoms with E-state index in [0.29, 0.717) is 0 Å². The van der Waals surface area contributed by atoms with E-state index >= 15 is 0 Å². The van der Waals surface area contributed by atoms with Crippen LogP contribution in [0.5, 0.6) is 0 Å². The number of hydrogen-bond donors (Lipinski definition) is 2. The van der Waals surface area contributed by atoms with Crippen LogP contribution in [-0.2, 0) is 0 Å². The van der Waals surface area contributed by atoms with Gasteiger partial charge in [-0.15, -0.1) is 0 Å². The number of aromatic nitrogens is 2. The van der Waals surface area contributed by atoms with Gasteiger partial charge in [-0.3, -0.25) is 0 Å². The number of rotatable bonds is 7. The van der Waals surface area contributed by atoms with E-state index in [1.54, 1.807) is 6.08 Å². The summed E-state index contributed by atoms with van der Waals surface area (Å²) >= 11 is 0. The van der Waals surface area contributed by atoms with Crippen molar-refractivity contribution >= 4 is 33.4 Å². The lowest BCUT2D eigenvalue weighted by Gasteiger charge is -2.11. The number of anilines is 1. The molecular weight excluding hydrogens is 486 g/mol. The average molecular weight is 522 g/mol. The SMILES string of the molecule is C/C=c1/[nH]c2cccc3ccc(-c4cccn4-c4ccccc4)c1c32.C=C/C=C\C(=C/CC)Nc1ccccc1. The molecule has 0 amide bonds. The van der Waals surface area contributed by atoms with Gasteiger partial charge in [0.1, 0.15) is 0 Å². The zero-order chi connectivity index (χ0) is 27.7. The van der Waals surface area contributed by atoms with Crippen LogP contribution < -0.4 is 10.7 Å². The van der Waals surface area contributed by atoms with E-state index in [0.717, 1.165) is 17.8 Å². The maximum atomic E-state index is 3.66. The van der Waals surface area contributed by atoms with E-state index in [4.69, 9.17) is 0 Å². The molecule has 3 nitrogen and oxygen atoms in total. The van der Waals surface area contributed by atoms with Crippen molar-refractivity contribution in [1.82, 2.24) is 9.55 Å². The molecule has 6 aromatic rings. The minimum Gasteiger partial charge on any atom is -0.356 e. The average Bonchev–Trinajstić information content (AvgIpc) is 3.64. The Morgan fingerprint density at radius 1 is 0.850 bits per heavy atom. The van der Waals surface area contributed by atoms with Crippen LogP contribution in [0.4, 0.5) is 5.69 Å². The van der Waals surface area contributed by atoms with Gasteiger partial charge in [0, 0.05) is 50.5 Å². The van der Waals surface area contributed by atoms with Gasteiger partial charge in [0.25, 0.3) is 0 Å². The number of para-hydroxylation sites is 2. The second-order valence-corrected chi connectivity index (χ2v) is 9.47. The number of nitrogens with zero attached hydrogens (tertiary/aromatic N) is 1. The van der Waals surface area contributed by atoms with Gasteiger partial charge in [0.05, 0.1) is 5.69 Å². The van der Waals surface area contributed by atoms with Crippen LogP contribution in [-0.4, -0.2) is 9.55 Å². The van der Waals surface area contributed by atoms with Gasteiger partial charge in [0.2, 0.25) is 0 Å². The van der Waals surface area contributed by atoms with E-state index in [2.05, 4.69) is 126 Å². The highest BCUT2D eigenvalue weighted by molar-refractivity contribution is 6.14. The molecule has 0 unspecified atom stereocenters. The summed E-state index contributed by atoms with van der Waals surface area (Å²) in [6.45, 7) is 7.87. The number of benzene rings is 4. The van der Waals surface area contributed by atoms with Crippen LogP contribution in [0.2, 0.25) is 0 Å². The Labute approximate surface area is 236 Å². The van der Waals surface area contributed by atoms with Crippen LogP contribution in [0.1, 0.15) is 20.3 Å². The van der Waals surface area contributed by atoms with Crippen molar-refractivity contribution in [1.29, 1.82) is 0 Å². The highest BCUT2D eigenvalue weighted by Crippen LogP contribution is 2.34. The zero-order valence-electron chi connectivity index (χ0n) is 23.1. The van der Waals surface area contributed by atoms with Crippen molar-refractivity contribution in [3.63, 3.8) is 0 Å². The Morgan fingerprint density at radius 2 is 1.62 bits per heavy atom. The number of hydrogen-bond acceptors (Lipinski definition) is 1. The first kappa shape index (κ1) is 26.6. The maximum Gasteiger partial charge on any atom is 0.0535 e. The molecule has 2 aromatic heterocycles. The Balaban J connectivity index is 0.000000186. The van der Waals surface area contributed by atoms with Crippen LogP contribution >= 0.6 is 0 Å². The fraction of sp³-hybridized carbons (Fsp3) is 0.0811. The summed E-state index contributed by atoms with van der Waals surface area (Å²) in [5.74, 6) is 0. The van der Waals surface area contributed by atoms with Crippen LogP contribution in [0.3, 0.4) is 0 Å². The van der Waals surface area contributed by atoms with Crippen molar-refractivity contribution in [2.45, 2.75) is 20.3 Å². The Bertz CT molecular complexity index is 1820. The zero-order valence-corrected chi connectivity index (χ0v) is 23.1. The topological polar surface area (TPSA) is 32.8 Å². The minimum atomic E-state index is 1.01. The molecule has 0 fully saturated rings. The highest BCUT2D eigenvalue weighted by Gasteiger charge is 2.14. The van der Waals surface area contributed by atoms with Gasteiger partial charge >= 0.3 is 0 Å². The molecule has 40 heavy (non-hydrogen) atoms. The molecule has 0 aliphatic heterocycles. The molecule has 0 saturated carbocycles. The number of allylic oxidation sites excluding steroid dienone is 4. The van der Waals surface area contributed by atoms with Gasteiger partial charge in [0.15, 0.2) is 0 Å². The quantitative estimate of drug-likeness (QED) is 0.202. The third-order valence-electron chi connectivity index (χ3n) is 6.83. The molecule has 198 valence electrons. The molecule has 0 saturated heterocycles. The fourth-order valence-corrected chi connectivity index (χ4v) is 5.06. The molecule has 3 heteroatoms. The summed E-state index contributed by atoms with van der Waals surface area (Å²) in [6.07, 6.45) is 13.2. The minimum absolute atomic E-state index is 1.01. The molecule has 2 heterocycles. The van der Waals surface area contributed by atoms with Gasteiger partial charge in [-0.2, -0.15) is 0 Å². The lowest BCUT2D eigenvalue weighted by Crippen LogP contribution is -2.03. The monoisotopic (exact) mass is 521 g/mol. The molecule has 0 bridgehead atoms. The van der Waals surface area contributed by atoms with Gasteiger partial charge in [-0.1, -0.05) is 98.5 Å². The van der Waals surface area contributed by atoms with E-state index in [-0.39, 0.29) is 0 Å². The number of H-pyrrole nitrogens is 1. The first-order valence-corrected chi connectivity index (χ1v) is 13.8. The van der Waals surface area contributed by atoms with E-state index < -0.39 is 0 Å².